The molecule has 0 fully saturated rings. The van der Waals surface area contributed by atoms with Gasteiger partial charge in [-0.05, 0) is 37.0 Å². The molecule has 1 aromatic carbocycles. The third kappa shape index (κ3) is 4.65. The summed E-state index contributed by atoms with van der Waals surface area (Å²) in [5.41, 5.74) is 0.952. The smallest absolute Gasteiger partial charge is 0.423 e. The van der Waals surface area contributed by atoms with Crippen LogP contribution in [0.25, 0.3) is 0 Å². The van der Waals surface area contributed by atoms with Crippen molar-refractivity contribution in [1.29, 1.82) is 0 Å². The van der Waals surface area contributed by atoms with E-state index in [1.807, 2.05) is 31.2 Å². The van der Waals surface area contributed by atoms with Gasteiger partial charge in [0.2, 0.25) is 11.8 Å². The average Bonchev–Trinajstić information content (AvgIpc) is 2.60. The van der Waals surface area contributed by atoms with E-state index in [9.17, 15) is 13.2 Å². The van der Waals surface area contributed by atoms with Gasteiger partial charge in [-0.2, -0.15) is 18.2 Å². The first-order valence-electron chi connectivity index (χ1n) is 8.58. The van der Waals surface area contributed by atoms with E-state index >= 15 is 0 Å². The van der Waals surface area contributed by atoms with Crippen molar-refractivity contribution in [3.63, 3.8) is 0 Å². The molecule has 0 N–H and O–H groups in total. The number of ether oxygens (including phenoxy) is 1. The fourth-order valence-electron chi connectivity index (χ4n) is 2.29. The lowest BCUT2D eigenvalue weighted by Gasteiger charge is -2.22. The van der Waals surface area contributed by atoms with E-state index in [-0.39, 0.29) is 12.1 Å². The van der Waals surface area contributed by atoms with Crippen LogP contribution < -0.4 is 9.64 Å². The van der Waals surface area contributed by atoms with Gasteiger partial charge in [0, 0.05) is 18.9 Å². The molecular weight excluding hydrogens is 343 g/mol. The van der Waals surface area contributed by atoms with Gasteiger partial charge in [-0.3, -0.25) is 0 Å². The van der Waals surface area contributed by atoms with Crippen molar-refractivity contribution < 1.29 is 17.9 Å². The first kappa shape index (κ1) is 20.0. The topological polar surface area (TPSA) is 38.2 Å². The third-order valence-corrected chi connectivity index (χ3v) is 4.16. The predicted octanol–water partition coefficient (Wildman–Crippen LogP) is 5.56. The van der Waals surface area contributed by atoms with Gasteiger partial charge in [-0.15, -0.1) is 0 Å². The molecule has 1 heterocycles. The highest BCUT2D eigenvalue weighted by molar-refractivity contribution is 5.58. The van der Waals surface area contributed by atoms with Crippen LogP contribution >= 0.6 is 0 Å². The summed E-state index contributed by atoms with van der Waals surface area (Å²) in [5.74, 6) is 0.0436. The Labute approximate surface area is 152 Å². The Kier molecular flexibility index (Phi) is 6.10. The fraction of sp³-hybridized carbons (Fsp3) is 0.474. The van der Waals surface area contributed by atoms with Crippen molar-refractivity contribution >= 4 is 11.6 Å². The molecule has 0 radical (unpaired) electrons. The van der Waals surface area contributed by atoms with E-state index in [1.165, 1.54) is 0 Å². The van der Waals surface area contributed by atoms with Gasteiger partial charge >= 0.3 is 6.18 Å². The minimum Gasteiger partial charge on any atom is -0.474 e. The van der Waals surface area contributed by atoms with Crippen LogP contribution in [0.4, 0.5) is 24.8 Å². The standard InChI is InChI=1S/C19H24F3N3O/c1-6-13(4)26-17-16(19(20,21)22)11-23-18(24-17)25(5)15-9-7-8-14(10-15)12(2)3/h7-13H,6H2,1-5H3. The normalized spacial score (nSPS) is 13.0. The summed E-state index contributed by atoms with van der Waals surface area (Å²) in [6.07, 6.45) is -3.60. The summed E-state index contributed by atoms with van der Waals surface area (Å²) in [6.45, 7) is 7.69. The number of anilines is 2. The fourth-order valence-corrected chi connectivity index (χ4v) is 2.29. The molecule has 4 nitrogen and oxygen atoms in total. The molecule has 0 aliphatic carbocycles. The van der Waals surface area contributed by atoms with Gasteiger partial charge in [0.15, 0.2) is 0 Å². The summed E-state index contributed by atoms with van der Waals surface area (Å²) in [7, 11) is 1.72. The molecule has 1 aromatic heterocycles. The zero-order chi connectivity index (χ0) is 19.5. The molecule has 2 rings (SSSR count). The van der Waals surface area contributed by atoms with Crippen LogP contribution in [0.5, 0.6) is 5.88 Å². The molecule has 26 heavy (non-hydrogen) atoms. The van der Waals surface area contributed by atoms with Crippen molar-refractivity contribution in [3.05, 3.63) is 41.6 Å². The van der Waals surface area contributed by atoms with Crippen LogP contribution in [0.1, 0.15) is 51.2 Å². The van der Waals surface area contributed by atoms with Crippen LogP contribution in [0, 0.1) is 0 Å². The maximum atomic E-state index is 13.2. The van der Waals surface area contributed by atoms with E-state index in [1.54, 1.807) is 18.9 Å². The van der Waals surface area contributed by atoms with Crippen molar-refractivity contribution in [3.8, 4) is 5.88 Å². The van der Waals surface area contributed by atoms with Crippen molar-refractivity contribution in [2.45, 2.75) is 52.3 Å². The van der Waals surface area contributed by atoms with E-state index in [2.05, 4.69) is 23.8 Å². The highest BCUT2D eigenvalue weighted by Gasteiger charge is 2.37. The van der Waals surface area contributed by atoms with E-state index in [4.69, 9.17) is 4.74 Å². The molecule has 0 saturated carbocycles. The second kappa shape index (κ2) is 7.93. The summed E-state index contributed by atoms with van der Waals surface area (Å²) in [4.78, 5) is 9.60. The molecule has 0 aliphatic heterocycles. The predicted molar refractivity (Wildman–Crippen MR) is 96.0 cm³/mol. The molecule has 2 aromatic rings. The van der Waals surface area contributed by atoms with E-state index < -0.39 is 17.6 Å². The van der Waals surface area contributed by atoms with Gasteiger partial charge in [-0.25, -0.2) is 4.98 Å². The molecule has 1 atom stereocenters. The SMILES string of the molecule is CCC(C)Oc1nc(N(C)c2cccc(C(C)C)c2)ncc1C(F)(F)F. The zero-order valence-electron chi connectivity index (χ0n) is 15.6. The largest absolute Gasteiger partial charge is 0.474 e. The number of hydrogen-bond acceptors (Lipinski definition) is 4. The molecule has 0 aliphatic rings. The number of halogens is 3. The monoisotopic (exact) mass is 367 g/mol. The van der Waals surface area contributed by atoms with Crippen LogP contribution in [-0.2, 0) is 6.18 Å². The third-order valence-electron chi connectivity index (χ3n) is 4.16. The molecule has 1 unspecified atom stereocenters. The number of hydrogen-bond donors (Lipinski definition) is 0. The number of alkyl halides is 3. The Morgan fingerprint density at radius 2 is 1.88 bits per heavy atom. The molecule has 0 bridgehead atoms. The van der Waals surface area contributed by atoms with Gasteiger partial charge < -0.3 is 9.64 Å². The molecular formula is C19H24F3N3O. The second-order valence-electron chi connectivity index (χ2n) is 6.53. The Bertz CT molecular complexity index is 747. The first-order chi connectivity index (χ1) is 12.1. The summed E-state index contributed by atoms with van der Waals surface area (Å²) < 4.78 is 45.1. The van der Waals surface area contributed by atoms with Crippen LogP contribution in [0.3, 0.4) is 0 Å². The minimum atomic E-state index is -4.57. The van der Waals surface area contributed by atoms with Gasteiger partial charge in [0.05, 0.1) is 6.10 Å². The molecule has 142 valence electrons. The Morgan fingerprint density at radius 1 is 1.19 bits per heavy atom. The summed E-state index contributed by atoms with van der Waals surface area (Å²) in [5, 5.41) is 0. The molecule has 0 amide bonds. The maximum absolute atomic E-state index is 13.2. The van der Waals surface area contributed by atoms with Gasteiger partial charge in [-0.1, -0.05) is 32.9 Å². The van der Waals surface area contributed by atoms with Gasteiger partial charge in [0.25, 0.3) is 0 Å². The minimum absolute atomic E-state index is 0.150. The van der Waals surface area contributed by atoms with E-state index in [0.717, 1.165) is 17.4 Å². The number of aromatic nitrogens is 2. The van der Waals surface area contributed by atoms with E-state index in [0.29, 0.717) is 12.3 Å². The van der Waals surface area contributed by atoms with Gasteiger partial charge in [0.1, 0.15) is 5.56 Å². The summed E-state index contributed by atoms with van der Waals surface area (Å²) >= 11 is 0. The average molecular weight is 367 g/mol. The van der Waals surface area contributed by atoms with Crippen molar-refractivity contribution in [2.24, 2.45) is 0 Å². The lowest BCUT2D eigenvalue weighted by Crippen LogP contribution is -2.20. The molecule has 7 heteroatoms. The maximum Gasteiger partial charge on any atom is 0.423 e. The second-order valence-corrected chi connectivity index (χ2v) is 6.53. The number of nitrogens with zero attached hydrogens (tertiary/aromatic N) is 3. The number of benzene rings is 1. The van der Waals surface area contributed by atoms with Crippen molar-refractivity contribution in [1.82, 2.24) is 9.97 Å². The quantitative estimate of drug-likeness (QED) is 0.670. The zero-order valence-corrected chi connectivity index (χ0v) is 15.6. The van der Waals surface area contributed by atoms with Crippen LogP contribution in [0.2, 0.25) is 0 Å². The first-order valence-corrected chi connectivity index (χ1v) is 8.58. The lowest BCUT2D eigenvalue weighted by molar-refractivity contribution is -0.139. The molecule has 0 spiro atoms. The Morgan fingerprint density at radius 3 is 2.46 bits per heavy atom. The van der Waals surface area contributed by atoms with Crippen molar-refractivity contribution in [2.75, 3.05) is 11.9 Å². The van der Waals surface area contributed by atoms with Crippen LogP contribution in [0.15, 0.2) is 30.5 Å². The summed E-state index contributed by atoms with van der Waals surface area (Å²) in [6, 6.07) is 7.75. The number of rotatable bonds is 6. The molecule has 0 saturated heterocycles. The highest BCUT2D eigenvalue weighted by atomic mass is 19.4. The Balaban J connectivity index is 2.43. The highest BCUT2D eigenvalue weighted by Crippen LogP contribution is 2.36. The lowest BCUT2D eigenvalue weighted by atomic mass is 10.0. The Hall–Kier alpha value is -2.31. The van der Waals surface area contributed by atoms with Crippen LogP contribution in [-0.4, -0.2) is 23.1 Å².